The minimum Gasteiger partial charge on any atom is -0.175 e. The molecule has 0 aromatic heterocycles. The van der Waals surface area contributed by atoms with E-state index in [9.17, 15) is 0 Å². The standard InChI is InChI=1S/C10H16S/c1-8(2)10-5-3-9(7-11)4-6-10/h3,10-11H,1,4-7H2,2H3. The quantitative estimate of drug-likeness (QED) is 0.475. The summed E-state index contributed by atoms with van der Waals surface area (Å²) in [6.45, 7) is 6.11. The molecule has 0 N–H and O–H groups in total. The molecule has 1 aliphatic rings. The number of allylic oxidation sites excluding steroid dienone is 2. The van der Waals surface area contributed by atoms with Crippen LogP contribution in [0.1, 0.15) is 26.2 Å². The van der Waals surface area contributed by atoms with Gasteiger partial charge in [-0.05, 0) is 32.1 Å². The number of hydrogen-bond donors (Lipinski definition) is 1. The summed E-state index contributed by atoms with van der Waals surface area (Å²) in [5.74, 6) is 1.67. The van der Waals surface area contributed by atoms with Gasteiger partial charge in [-0.3, -0.25) is 0 Å². The Morgan fingerprint density at radius 1 is 1.82 bits per heavy atom. The fourth-order valence-corrected chi connectivity index (χ4v) is 1.77. The van der Waals surface area contributed by atoms with E-state index < -0.39 is 0 Å². The molecule has 0 aromatic carbocycles. The van der Waals surface area contributed by atoms with E-state index in [4.69, 9.17) is 0 Å². The van der Waals surface area contributed by atoms with Crippen molar-refractivity contribution >= 4 is 12.6 Å². The van der Waals surface area contributed by atoms with Gasteiger partial charge in [0.05, 0.1) is 0 Å². The smallest absolute Gasteiger partial charge is 0.0112 e. The van der Waals surface area contributed by atoms with Crippen LogP contribution in [0.25, 0.3) is 0 Å². The van der Waals surface area contributed by atoms with Gasteiger partial charge in [-0.2, -0.15) is 12.6 Å². The van der Waals surface area contributed by atoms with Gasteiger partial charge in [-0.1, -0.05) is 23.8 Å². The summed E-state index contributed by atoms with van der Waals surface area (Å²) in [6.07, 6.45) is 6.02. The minimum absolute atomic E-state index is 0.735. The first-order valence-electron chi connectivity index (χ1n) is 4.18. The molecule has 1 atom stereocenters. The summed E-state index contributed by atoms with van der Waals surface area (Å²) in [5, 5.41) is 0. The molecule has 1 rings (SSSR count). The Morgan fingerprint density at radius 2 is 2.55 bits per heavy atom. The molecule has 1 aliphatic carbocycles. The second-order valence-electron chi connectivity index (χ2n) is 3.34. The third-order valence-electron chi connectivity index (χ3n) is 2.40. The van der Waals surface area contributed by atoms with Crippen molar-refractivity contribution in [1.29, 1.82) is 0 Å². The molecule has 11 heavy (non-hydrogen) atoms. The van der Waals surface area contributed by atoms with Gasteiger partial charge in [0.2, 0.25) is 0 Å². The monoisotopic (exact) mass is 168 g/mol. The largest absolute Gasteiger partial charge is 0.175 e. The van der Waals surface area contributed by atoms with Crippen LogP contribution in [-0.2, 0) is 0 Å². The summed E-state index contributed by atoms with van der Waals surface area (Å²) in [7, 11) is 0. The summed E-state index contributed by atoms with van der Waals surface area (Å²) in [5.41, 5.74) is 2.84. The van der Waals surface area contributed by atoms with Gasteiger partial charge in [-0.25, -0.2) is 0 Å². The van der Waals surface area contributed by atoms with E-state index in [1.807, 2.05) is 0 Å². The van der Waals surface area contributed by atoms with Gasteiger partial charge in [0.15, 0.2) is 0 Å². The minimum atomic E-state index is 0.735. The maximum atomic E-state index is 4.25. The lowest BCUT2D eigenvalue weighted by Crippen LogP contribution is -2.06. The van der Waals surface area contributed by atoms with E-state index in [1.54, 1.807) is 0 Å². The zero-order chi connectivity index (χ0) is 8.27. The Kier molecular flexibility index (Phi) is 3.25. The van der Waals surface area contributed by atoms with Gasteiger partial charge in [0.1, 0.15) is 0 Å². The van der Waals surface area contributed by atoms with Crippen molar-refractivity contribution in [2.45, 2.75) is 26.2 Å². The van der Waals surface area contributed by atoms with Crippen molar-refractivity contribution in [2.24, 2.45) is 5.92 Å². The van der Waals surface area contributed by atoms with Crippen molar-refractivity contribution in [3.63, 3.8) is 0 Å². The molecule has 0 radical (unpaired) electrons. The highest BCUT2D eigenvalue weighted by molar-refractivity contribution is 7.80. The molecular weight excluding hydrogens is 152 g/mol. The molecule has 0 aromatic rings. The Hall–Kier alpha value is -0.170. The van der Waals surface area contributed by atoms with E-state index in [0.717, 1.165) is 11.7 Å². The summed E-state index contributed by atoms with van der Waals surface area (Å²) < 4.78 is 0. The van der Waals surface area contributed by atoms with Crippen molar-refractivity contribution in [3.8, 4) is 0 Å². The predicted octanol–water partition coefficient (Wildman–Crippen LogP) is 3.22. The molecule has 1 heteroatoms. The molecule has 0 aliphatic heterocycles. The Balaban J connectivity index is 2.47. The van der Waals surface area contributed by atoms with Crippen LogP contribution >= 0.6 is 12.6 Å². The fourth-order valence-electron chi connectivity index (χ4n) is 1.48. The van der Waals surface area contributed by atoms with E-state index in [-0.39, 0.29) is 0 Å². The van der Waals surface area contributed by atoms with E-state index in [1.165, 1.54) is 30.4 Å². The van der Waals surface area contributed by atoms with Gasteiger partial charge >= 0.3 is 0 Å². The second-order valence-corrected chi connectivity index (χ2v) is 3.65. The Morgan fingerprint density at radius 3 is 2.91 bits per heavy atom. The molecule has 0 amide bonds. The third kappa shape index (κ3) is 2.41. The average Bonchev–Trinajstić information content (AvgIpc) is 2.05. The first-order chi connectivity index (χ1) is 5.24. The first kappa shape index (κ1) is 8.92. The van der Waals surface area contributed by atoms with Crippen molar-refractivity contribution in [2.75, 3.05) is 5.75 Å². The Labute approximate surface area is 74.8 Å². The van der Waals surface area contributed by atoms with Crippen LogP contribution in [0.15, 0.2) is 23.8 Å². The number of thiol groups is 1. The normalized spacial score (nSPS) is 24.5. The Bertz CT molecular complexity index is 179. The summed E-state index contributed by atoms with van der Waals surface area (Å²) >= 11 is 4.25. The van der Waals surface area contributed by atoms with Crippen LogP contribution in [0.5, 0.6) is 0 Å². The van der Waals surface area contributed by atoms with Crippen LogP contribution < -0.4 is 0 Å². The molecule has 0 saturated heterocycles. The molecule has 1 unspecified atom stereocenters. The van der Waals surface area contributed by atoms with Crippen molar-refractivity contribution in [1.82, 2.24) is 0 Å². The molecule has 62 valence electrons. The highest BCUT2D eigenvalue weighted by atomic mass is 32.1. The number of rotatable bonds is 2. The lowest BCUT2D eigenvalue weighted by Gasteiger charge is -2.21. The lowest BCUT2D eigenvalue weighted by molar-refractivity contribution is 0.541. The SMILES string of the molecule is C=C(C)C1CC=C(CS)CC1. The molecule has 0 fully saturated rings. The highest BCUT2D eigenvalue weighted by Crippen LogP contribution is 2.28. The van der Waals surface area contributed by atoms with E-state index in [0.29, 0.717) is 0 Å². The summed E-state index contributed by atoms with van der Waals surface area (Å²) in [6, 6.07) is 0. The maximum Gasteiger partial charge on any atom is 0.0112 e. The predicted molar refractivity (Wildman–Crippen MR) is 54.1 cm³/mol. The van der Waals surface area contributed by atoms with Gasteiger partial charge < -0.3 is 0 Å². The average molecular weight is 168 g/mol. The molecular formula is C10H16S. The fraction of sp³-hybridized carbons (Fsp3) is 0.600. The van der Waals surface area contributed by atoms with Crippen LogP contribution in [0, 0.1) is 5.92 Å². The summed E-state index contributed by atoms with van der Waals surface area (Å²) in [4.78, 5) is 0. The number of hydrogen-bond acceptors (Lipinski definition) is 1. The van der Waals surface area contributed by atoms with E-state index >= 15 is 0 Å². The first-order valence-corrected chi connectivity index (χ1v) is 4.81. The van der Waals surface area contributed by atoms with Gasteiger partial charge in [0, 0.05) is 5.75 Å². The van der Waals surface area contributed by atoms with Crippen molar-refractivity contribution in [3.05, 3.63) is 23.8 Å². The molecule has 0 bridgehead atoms. The van der Waals surface area contributed by atoms with Gasteiger partial charge in [-0.15, -0.1) is 0 Å². The zero-order valence-corrected chi connectivity index (χ0v) is 8.03. The third-order valence-corrected chi connectivity index (χ3v) is 2.81. The molecule has 0 nitrogen and oxygen atoms in total. The topological polar surface area (TPSA) is 0 Å². The molecule has 0 heterocycles. The highest BCUT2D eigenvalue weighted by Gasteiger charge is 2.13. The zero-order valence-electron chi connectivity index (χ0n) is 7.14. The van der Waals surface area contributed by atoms with Crippen LogP contribution in [-0.4, -0.2) is 5.75 Å². The van der Waals surface area contributed by atoms with E-state index in [2.05, 4.69) is 32.2 Å². The van der Waals surface area contributed by atoms with Gasteiger partial charge in [0.25, 0.3) is 0 Å². The lowest BCUT2D eigenvalue weighted by atomic mass is 9.86. The van der Waals surface area contributed by atoms with Crippen LogP contribution in [0.3, 0.4) is 0 Å². The van der Waals surface area contributed by atoms with Crippen LogP contribution in [0.4, 0.5) is 0 Å². The maximum absolute atomic E-state index is 4.25. The van der Waals surface area contributed by atoms with Crippen LogP contribution in [0.2, 0.25) is 0 Å². The molecule has 0 spiro atoms. The van der Waals surface area contributed by atoms with Crippen molar-refractivity contribution < 1.29 is 0 Å². The molecule has 0 saturated carbocycles. The second kappa shape index (κ2) is 4.01.